The van der Waals surface area contributed by atoms with Crippen LogP contribution in [-0.2, 0) is 0 Å². The van der Waals surface area contributed by atoms with Gasteiger partial charge >= 0.3 is 5.97 Å². The number of rotatable bonds is 2. The van der Waals surface area contributed by atoms with Crippen molar-refractivity contribution in [2.75, 3.05) is 12.8 Å². The number of nitrogens with two attached hydrogens (primary N) is 1. The Kier molecular flexibility index (Phi) is 2.40. The topological polar surface area (TPSA) is 88.3 Å². The number of aromatic amines is 1. The van der Waals surface area contributed by atoms with E-state index in [-0.39, 0.29) is 10.7 Å². The lowest BCUT2D eigenvalue weighted by atomic mass is 10.2. The Hall–Kier alpha value is -1.88. The number of fused-ring (bicyclic) bond motifs is 1. The molecule has 0 radical (unpaired) electrons. The molecule has 2 rings (SSSR count). The second-order valence-corrected chi connectivity index (χ2v) is 3.64. The van der Waals surface area contributed by atoms with Gasteiger partial charge in [-0.05, 0) is 12.1 Å². The summed E-state index contributed by atoms with van der Waals surface area (Å²) >= 11 is 6.04. The van der Waals surface area contributed by atoms with Gasteiger partial charge in [0.25, 0.3) is 0 Å². The quantitative estimate of drug-likeness (QED) is 0.702. The van der Waals surface area contributed by atoms with Crippen molar-refractivity contribution in [1.29, 1.82) is 0 Å². The minimum absolute atomic E-state index is 0.0598. The van der Waals surface area contributed by atoms with Gasteiger partial charge in [0.1, 0.15) is 10.7 Å². The molecule has 0 saturated carbocycles. The molecule has 6 heteroatoms. The number of carboxylic acids is 1. The molecule has 4 N–H and O–H groups in total. The molecule has 0 atom stereocenters. The molecule has 0 spiro atoms. The van der Waals surface area contributed by atoms with Gasteiger partial charge in [0.05, 0.1) is 18.3 Å². The van der Waals surface area contributed by atoms with Gasteiger partial charge in [0.2, 0.25) is 0 Å². The number of carboxylic acid groups (broad SMARTS) is 1. The number of halogens is 1. The van der Waals surface area contributed by atoms with Gasteiger partial charge in [-0.1, -0.05) is 11.6 Å². The molecule has 84 valence electrons. The second kappa shape index (κ2) is 3.61. The SMILES string of the molecule is COc1c(N)cc2cc(C(=O)O)[nH]c2c1Cl. The number of hydrogen-bond acceptors (Lipinski definition) is 3. The average molecular weight is 241 g/mol. The van der Waals surface area contributed by atoms with Crippen molar-refractivity contribution >= 4 is 34.2 Å². The maximum Gasteiger partial charge on any atom is 0.352 e. The number of nitrogens with one attached hydrogen (secondary N) is 1. The van der Waals surface area contributed by atoms with Crippen LogP contribution in [0, 0.1) is 0 Å². The molecule has 0 amide bonds. The van der Waals surface area contributed by atoms with E-state index in [1.54, 1.807) is 6.07 Å². The molecular weight excluding hydrogens is 232 g/mol. The van der Waals surface area contributed by atoms with Gasteiger partial charge < -0.3 is 20.6 Å². The number of H-pyrrole nitrogens is 1. The number of anilines is 1. The first-order chi connectivity index (χ1) is 7.54. The number of nitrogen functional groups attached to an aromatic ring is 1. The van der Waals surface area contributed by atoms with Crippen LogP contribution in [0.5, 0.6) is 5.75 Å². The van der Waals surface area contributed by atoms with Crippen molar-refractivity contribution in [3.05, 3.63) is 22.8 Å². The molecule has 1 aromatic heterocycles. The molecule has 0 unspecified atom stereocenters. The van der Waals surface area contributed by atoms with Gasteiger partial charge in [-0.15, -0.1) is 0 Å². The number of ether oxygens (including phenoxy) is 1. The third-order valence-corrected chi connectivity index (χ3v) is 2.64. The van der Waals surface area contributed by atoms with Gasteiger partial charge in [-0.2, -0.15) is 0 Å². The Morgan fingerprint density at radius 3 is 2.81 bits per heavy atom. The Morgan fingerprint density at radius 1 is 1.56 bits per heavy atom. The fraction of sp³-hybridized carbons (Fsp3) is 0.100. The zero-order chi connectivity index (χ0) is 11.9. The number of methoxy groups -OCH3 is 1. The van der Waals surface area contributed by atoms with Gasteiger partial charge in [0.15, 0.2) is 5.75 Å². The Labute approximate surface area is 95.8 Å². The van der Waals surface area contributed by atoms with Crippen LogP contribution in [-0.4, -0.2) is 23.2 Å². The predicted octanol–water partition coefficient (Wildman–Crippen LogP) is 2.11. The first-order valence-corrected chi connectivity index (χ1v) is 4.80. The summed E-state index contributed by atoms with van der Waals surface area (Å²) in [6.07, 6.45) is 0. The predicted molar refractivity (Wildman–Crippen MR) is 61.2 cm³/mol. The van der Waals surface area contributed by atoms with Crippen molar-refractivity contribution in [2.24, 2.45) is 0 Å². The number of aromatic nitrogens is 1. The van der Waals surface area contributed by atoms with Gasteiger partial charge in [0, 0.05) is 5.39 Å². The molecule has 5 nitrogen and oxygen atoms in total. The van der Waals surface area contributed by atoms with Crippen LogP contribution in [0.3, 0.4) is 0 Å². The maximum absolute atomic E-state index is 10.8. The monoisotopic (exact) mass is 240 g/mol. The van der Waals surface area contributed by atoms with E-state index in [2.05, 4.69) is 4.98 Å². The van der Waals surface area contributed by atoms with E-state index in [1.165, 1.54) is 13.2 Å². The molecule has 0 saturated heterocycles. The summed E-state index contributed by atoms with van der Waals surface area (Å²) in [4.78, 5) is 13.5. The molecule has 1 aromatic carbocycles. The fourth-order valence-corrected chi connectivity index (χ4v) is 1.90. The van der Waals surface area contributed by atoms with Crippen molar-refractivity contribution < 1.29 is 14.6 Å². The van der Waals surface area contributed by atoms with Crippen molar-refractivity contribution in [2.45, 2.75) is 0 Å². The molecule has 0 aliphatic heterocycles. The van der Waals surface area contributed by atoms with Crippen LogP contribution in [0.15, 0.2) is 12.1 Å². The molecule has 0 bridgehead atoms. The Bertz CT molecular complexity index is 577. The summed E-state index contributed by atoms with van der Waals surface area (Å²) in [6, 6.07) is 3.09. The number of aromatic carboxylic acids is 1. The first kappa shape index (κ1) is 10.6. The summed E-state index contributed by atoms with van der Waals surface area (Å²) < 4.78 is 5.03. The lowest BCUT2D eigenvalue weighted by Crippen LogP contribution is -1.95. The lowest BCUT2D eigenvalue weighted by Gasteiger charge is -2.06. The second-order valence-electron chi connectivity index (χ2n) is 3.27. The minimum Gasteiger partial charge on any atom is -0.493 e. The van der Waals surface area contributed by atoms with E-state index in [0.29, 0.717) is 22.3 Å². The average Bonchev–Trinajstić information content (AvgIpc) is 2.62. The zero-order valence-corrected chi connectivity index (χ0v) is 9.13. The standard InChI is InChI=1S/C10H9ClN2O3/c1-16-9-5(12)2-4-3-6(10(14)15)13-8(4)7(9)11/h2-3,13H,12H2,1H3,(H,14,15). The maximum atomic E-state index is 10.8. The third-order valence-electron chi connectivity index (χ3n) is 2.27. The molecule has 0 fully saturated rings. The number of hydrogen-bond donors (Lipinski definition) is 3. The van der Waals surface area contributed by atoms with Gasteiger partial charge in [-0.3, -0.25) is 0 Å². The van der Waals surface area contributed by atoms with E-state index in [9.17, 15) is 4.79 Å². The van der Waals surface area contributed by atoms with Crippen LogP contribution in [0.4, 0.5) is 5.69 Å². The van der Waals surface area contributed by atoms with Crippen LogP contribution < -0.4 is 10.5 Å². The first-order valence-electron chi connectivity index (χ1n) is 4.42. The zero-order valence-electron chi connectivity index (χ0n) is 8.37. The highest BCUT2D eigenvalue weighted by Gasteiger charge is 2.15. The summed E-state index contributed by atoms with van der Waals surface area (Å²) in [5.74, 6) is -0.710. The van der Waals surface area contributed by atoms with Gasteiger partial charge in [-0.25, -0.2) is 4.79 Å². The fourth-order valence-electron chi connectivity index (χ4n) is 1.56. The highest BCUT2D eigenvalue weighted by atomic mass is 35.5. The molecule has 16 heavy (non-hydrogen) atoms. The summed E-state index contributed by atoms with van der Waals surface area (Å²) in [7, 11) is 1.45. The van der Waals surface area contributed by atoms with Crippen molar-refractivity contribution in [1.82, 2.24) is 4.98 Å². The number of carbonyl (C=O) groups is 1. The van der Waals surface area contributed by atoms with Crippen LogP contribution in [0.1, 0.15) is 10.5 Å². The summed E-state index contributed by atoms with van der Waals surface area (Å²) in [5.41, 5.74) is 6.65. The van der Waals surface area contributed by atoms with E-state index in [0.717, 1.165) is 0 Å². The highest BCUT2D eigenvalue weighted by molar-refractivity contribution is 6.37. The Morgan fingerprint density at radius 2 is 2.25 bits per heavy atom. The van der Waals surface area contributed by atoms with E-state index < -0.39 is 5.97 Å². The lowest BCUT2D eigenvalue weighted by molar-refractivity contribution is 0.0691. The normalized spacial score (nSPS) is 10.6. The Balaban J connectivity index is 2.78. The number of benzene rings is 1. The largest absolute Gasteiger partial charge is 0.493 e. The van der Waals surface area contributed by atoms with Crippen LogP contribution in [0.2, 0.25) is 5.02 Å². The summed E-state index contributed by atoms with van der Waals surface area (Å²) in [6.45, 7) is 0. The van der Waals surface area contributed by atoms with Crippen molar-refractivity contribution in [3.63, 3.8) is 0 Å². The smallest absolute Gasteiger partial charge is 0.352 e. The molecule has 0 aliphatic rings. The molecule has 0 aliphatic carbocycles. The molecule has 2 aromatic rings. The minimum atomic E-state index is -1.05. The molecule has 1 heterocycles. The highest BCUT2D eigenvalue weighted by Crippen LogP contribution is 2.37. The van der Waals surface area contributed by atoms with E-state index >= 15 is 0 Å². The third kappa shape index (κ3) is 1.45. The summed E-state index contributed by atoms with van der Waals surface area (Å²) in [5, 5.41) is 9.76. The van der Waals surface area contributed by atoms with E-state index in [1.807, 2.05) is 0 Å². The van der Waals surface area contributed by atoms with Crippen LogP contribution >= 0.6 is 11.6 Å². The van der Waals surface area contributed by atoms with E-state index in [4.69, 9.17) is 27.2 Å². The molecular formula is C10H9ClN2O3. The van der Waals surface area contributed by atoms with Crippen LogP contribution in [0.25, 0.3) is 10.9 Å². The van der Waals surface area contributed by atoms with Crippen molar-refractivity contribution in [3.8, 4) is 5.75 Å².